The molecule has 0 aromatic heterocycles. The van der Waals surface area contributed by atoms with Gasteiger partial charge in [-0.1, -0.05) is 18.2 Å². The largest absolute Gasteiger partial charge is 0.496 e. The Morgan fingerprint density at radius 3 is 2.56 bits per heavy atom. The molecule has 0 heterocycles. The van der Waals surface area contributed by atoms with Crippen LogP contribution in [0, 0.1) is 0 Å². The van der Waals surface area contributed by atoms with Gasteiger partial charge in [-0.15, -0.1) is 0 Å². The minimum Gasteiger partial charge on any atom is -0.496 e. The highest BCUT2D eigenvalue weighted by Gasteiger charge is 2.12. The summed E-state index contributed by atoms with van der Waals surface area (Å²) in [4.78, 5) is 22.6. The number of carbonyl (C=O) groups is 2. The smallest absolute Gasteiger partial charge is 0.309 e. The van der Waals surface area contributed by atoms with Gasteiger partial charge in [0, 0.05) is 18.7 Å². The molecule has 0 atom stereocenters. The number of hydrogen-bond acceptors (Lipinski definition) is 4. The lowest BCUT2D eigenvalue weighted by atomic mass is 10.2. The zero-order chi connectivity index (χ0) is 13.4. The number of ether oxygens (including phenoxy) is 1. The molecule has 0 spiro atoms. The van der Waals surface area contributed by atoms with Crippen molar-refractivity contribution in [2.45, 2.75) is 6.54 Å². The standard InChI is InChI=1S/C12H16N2O4/c1-18-10-5-3-2-4-9(10)8-14-12(17)11(16)13-6-7-15/h2-5,15H,6-8H2,1H3,(H,13,16)(H,14,17). The first kappa shape index (κ1) is 14.0. The zero-order valence-electron chi connectivity index (χ0n) is 10.1. The molecule has 0 unspecified atom stereocenters. The predicted molar refractivity (Wildman–Crippen MR) is 64.9 cm³/mol. The van der Waals surface area contributed by atoms with Crippen molar-refractivity contribution in [3.05, 3.63) is 29.8 Å². The van der Waals surface area contributed by atoms with Crippen molar-refractivity contribution in [1.82, 2.24) is 10.6 Å². The number of methoxy groups -OCH3 is 1. The number of aliphatic hydroxyl groups excluding tert-OH is 1. The molecule has 1 aromatic carbocycles. The van der Waals surface area contributed by atoms with Crippen molar-refractivity contribution < 1.29 is 19.4 Å². The van der Waals surface area contributed by atoms with Crippen LogP contribution in [0.1, 0.15) is 5.56 Å². The lowest BCUT2D eigenvalue weighted by molar-refractivity contribution is -0.139. The second-order valence-electron chi connectivity index (χ2n) is 3.47. The minimum absolute atomic E-state index is 0.0565. The van der Waals surface area contributed by atoms with Crippen molar-refractivity contribution >= 4 is 11.8 Å². The predicted octanol–water partition coefficient (Wildman–Crippen LogP) is -0.580. The zero-order valence-corrected chi connectivity index (χ0v) is 10.1. The summed E-state index contributed by atoms with van der Waals surface area (Å²) in [7, 11) is 1.54. The fourth-order valence-electron chi connectivity index (χ4n) is 1.35. The van der Waals surface area contributed by atoms with E-state index in [1.54, 1.807) is 12.1 Å². The number of rotatable bonds is 5. The molecule has 3 N–H and O–H groups in total. The summed E-state index contributed by atoms with van der Waals surface area (Å²) in [6.45, 7) is 0.0574. The molecule has 0 saturated carbocycles. The normalized spacial score (nSPS) is 9.67. The Labute approximate surface area is 105 Å². The molecule has 0 aliphatic carbocycles. The third kappa shape index (κ3) is 4.06. The Kier molecular flexibility index (Phi) is 5.66. The van der Waals surface area contributed by atoms with Gasteiger partial charge in [0.25, 0.3) is 0 Å². The molecule has 0 radical (unpaired) electrons. The first-order valence-corrected chi connectivity index (χ1v) is 5.47. The van der Waals surface area contributed by atoms with E-state index >= 15 is 0 Å². The van der Waals surface area contributed by atoms with E-state index in [4.69, 9.17) is 9.84 Å². The van der Waals surface area contributed by atoms with E-state index in [0.717, 1.165) is 5.56 Å². The number of aliphatic hydroxyl groups is 1. The summed E-state index contributed by atoms with van der Waals surface area (Å²) < 4.78 is 5.12. The van der Waals surface area contributed by atoms with Crippen LogP contribution in [0.4, 0.5) is 0 Å². The van der Waals surface area contributed by atoms with Gasteiger partial charge in [-0.2, -0.15) is 0 Å². The fraction of sp³-hybridized carbons (Fsp3) is 0.333. The molecule has 6 heteroatoms. The molecule has 6 nitrogen and oxygen atoms in total. The molecular formula is C12H16N2O4. The molecule has 1 rings (SSSR count). The summed E-state index contributed by atoms with van der Waals surface area (Å²) >= 11 is 0. The lowest BCUT2D eigenvalue weighted by Gasteiger charge is -2.09. The minimum atomic E-state index is -0.765. The molecule has 0 aliphatic heterocycles. The second kappa shape index (κ2) is 7.29. The average molecular weight is 252 g/mol. The van der Waals surface area contributed by atoms with Gasteiger partial charge in [0.05, 0.1) is 13.7 Å². The maximum Gasteiger partial charge on any atom is 0.309 e. The van der Waals surface area contributed by atoms with E-state index in [2.05, 4.69) is 10.6 Å². The van der Waals surface area contributed by atoms with Gasteiger partial charge < -0.3 is 20.5 Å². The fourth-order valence-corrected chi connectivity index (χ4v) is 1.35. The Morgan fingerprint density at radius 1 is 1.22 bits per heavy atom. The molecular weight excluding hydrogens is 236 g/mol. The molecule has 2 amide bonds. The maximum absolute atomic E-state index is 11.4. The first-order valence-electron chi connectivity index (χ1n) is 5.47. The van der Waals surface area contributed by atoms with E-state index in [0.29, 0.717) is 5.75 Å². The highest BCUT2D eigenvalue weighted by molar-refractivity contribution is 6.35. The van der Waals surface area contributed by atoms with Gasteiger partial charge in [-0.3, -0.25) is 9.59 Å². The number of nitrogens with one attached hydrogen (secondary N) is 2. The van der Waals surface area contributed by atoms with Crippen molar-refractivity contribution in [3.63, 3.8) is 0 Å². The van der Waals surface area contributed by atoms with Gasteiger partial charge in [-0.05, 0) is 6.07 Å². The van der Waals surface area contributed by atoms with Crippen LogP contribution in [0.2, 0.25) is 0 Å². The van der Waals surface area contributed by atoms with Crippen LogP contribution >= 0.6 is 0 Å². The second-order valence-corrected chi connectivity index (χ2v) is 3.47. The van der Waals surface area contributed by atoms with Crippen LogP contribution in [0.25, 0.3) is 0 Å². The van der Waals surface area contributed by atoms with E-state index in [1.807, 2.05) is 12.1 Å². The third-order valence-electron chi connectivity index (χ3n) is 2.24. The Hall–Kier alpha value is -2.08. The number of amides is 2. The van der Waals surface area contributed by atoms with Gasteiger partial charge >= 0.3 is 11.8 Å². The van der Waals surface area contributed by atoms with Crippen molar-refractivity contribution in [2.24, 2.45) is 0 Å². The summed E-state index contributed by atoms with van der Waals surface area (Å²) in [5.74, 6) is -0.859. The van der Waals surface area contributed by atoms with Crippen molar-refractivity contribution in [1.29, 1.82) is 0 Å². The number of hydrogen-bond donors (Lipinski definition) is 3. The third-order valence-corrected chi connectivity index (χ3v) is 2.24. The summed E-state index contributed by atoms with van der Waals surface area (Å²) in [5.41, 5.74) is 0.781. The molecule has 0 saturated heterocycles. The highest BCUT2D eigenvalue weighted by atomic mass is 16.5. The average Bonchev–Trinajstić information content (AvgIpc) is 2.42. The Morgan fingerprint density at radius 2 is 1.89 bits per heavy atom. The maximum atomic E-state index is 11.4. The molecule has 18 heavy (non-hydrogen) atoms. The Balaban J connectivity index is 2.49. The SMILES string of the molecule is COc1ccccc1CNC(=O)C(=O)NCCO. The van der Waals surface area contributed by atoms with Crippen molar-refractivity contribution in [2.75, 3.05) is 20.3 Å². The van der Waals surface area contributed by atoms with Gasteiger partial charge in [0.15, 0.2) is 0 Å². The summed E-state index contributed by atoms with van der Waals surface area (Å²) in [6, 6.07) is 7.20. The van der Waals surface area contributed by atoms with E-state index < -0.39 is 11.8 Å². The molecule has 0 bridgehead atoms. The van der Waals surface area contributed by atoms with Crippen molar-refractivity contribution in [3.8, 4) is 5.75 Å². The lowest BCUT2D eigenvalue weighted by Crippen LogP contribution is -2.40. The number of benzene rings is 1. The molecule has 0 fully saturated rings. The summed E-state index contributed by atoms with van der Waals surface area (Å²) in [6.07, 6.45) is 0. The van der Waals surface area contributed by atoms with E-state index in [1.165, 1.54) is 7.11 Å². The van der Waals surface area contributed by atoms with E-state index in [-0.39, 0.29) is 19.7 Å². The summed E-state index contributed by atoms with van der Waals surface area (Å²) in [5, 5.41) is 13.2. The van der Waals surface area contributed by atoms with Gasteiger partial charge in [0.2, 0.25) is 0 Å². The van der Waals surface area contributed by atoms with Crippen LogP contribution in [0.15, 0.2) is 24.3 Å². The van der Waals surface area contributed by atoms with Crippen LogP contribution in [0.5, 0.6) is 5.75 Å². The van der Waals surface area contributed by atoms with Crippen LogP contribution in [-0.2, 0) is 16.1 Å². The molecule has 98 valence electrons. The van der Waals surface area contributed by atoms with E-state index in [9.17, 15) is 9.59 Å². The monoisotopic (exact) mass is 252 g/mol. The van der Waals surface area contributed by atoms with Crippen LogP contribution < -0.4 is 15.4 Å². The molecule has 1 aromatic rings. The first-order chi connectivity index (χ1) is 8.69. The van der Waals surface area contributed by atoms with Gasteiger partial charge in [-0.25, -0.2) is 0 Å². The van der Waals surface area contributed by atoms with Gasteiger partial charge in [0.1, 0.15) is 5.75 Å². The topological polar surface area (TPSA) is 87.7 Å². The molecule has 0 aliphatic rings. The Bertz CT molecular complexity index is 420. The van der Waals surface area contributed by atoms with Crippen LogP contribution in [-0.4, -0.2) is 37.2 Å². The van der Waals surface area contributed by atoms with Crippen LogP contribution in [0.3, 0.4) is 0 Å². The highest BCUT2D eigenvalue weighted by Crippen LogP contribution is 2.16. The number of para-hydroxylation sites is 1. The number of carbonyl (C=O) groups excluding carboxylic acids is 2. The quantitative estimate of drug-likeness (QED) is 0.612.